The van der Waals surface area contributed by atoms with Gasteiger partial charge in [0.25, 0.3) is 0 Å². The maximum absolute atomic E-state index is 12.1. The first-order valence-electron chi connectivity index (χ1n) is 4.68. The molecule has 15 heavy (non-hydrogen) atoms. The summed E-state index contributed by atoms with van der Waals surface area (Å²) in [5, 5.41) is 0. The second kappa shape index (κ2) is 4.20. The Morgan fingerprint density at radius 1 is 1.33 bits per heavy atom. The summed E-state index contributed by atoms with van der Waals surface area (Å²) in [5.41, 5.74) is 0. The van der Waals surface area contributed by atoms with Gasteiger partial charge in [-0.3, -0.25) is 9.59 Å². The summed E-state index contributed by atoms with van der Waals surface area (Å²) in [6, 6.07) is -0.461. The van der Waals surface area contributed by atoms with E-state index >= 15 is 0 Å². The number of hydrogen-bond donors (Lipinski definition) is 0. The molecule has 1 aliphatic rings. The highest BCUT2D eigenvalue weighted by atomic mass is 19.4. The minimum Gasteiger partial charge on any atom is -0.335 e. The second-order valence-corrected chi connectivity index (χ2v) is 3.68. The zero-order chi connectivity index (χ0) is 11.6. The van der Waals surface area contributed by atoms with E-state index in [9.17, 15) is 22.8 Å². The summed E-state index contributed by atoms with van der Waals surface area (Å²) in [6.45, 7) is 0. The number of amides is 1. The van der Waals surface area contributed by atoms with Crippen molar-refractivity contribution >= 4 is 11.7 Å². The second-order valence-electron chi connectivity index (χ2n) is 3.68. The minimum absolute atomic E-state index is 0.0547. The molecule has 1 fully saturated rings. The van der Waals surface area contributed by atoms with Crippen LogP contribution in [-0.2, 0) is 9.59 Å². The van der Waals surface area contributed by atoms with Gasteiger partial charge in [0.2, 0.25) is 0 Å². The molecule has 0 spiro atoms. The molecule has 0 N–H and O–H groups in total. The van der Waals surface area contributed by atoms with E-state index in [2.05, 4.69) is 0 Å². The van der Waals surface area contributed by atoms with Crippen LogP contribution in [0.25, 0.3) is 0 Å². The number of carbonyl (C=O) groups is 2. The van der Waals surface area contributed by atoms with Crippen molar-refractivity contribution in [2.75, 3.05) is 7.05 Å². The summed E-state index contributed by atoms with van der Waals surface area (Å²) in [6.07, 6.45) is -3.63. The molecular formula is C9H12F3NO2. The van der Waals surface area contributed by atoms with Crippen LogP contribution in [0.15, 0.2) is 0 Å². The van der Waals surface area contributed by atoms with E-state index in [1.54, 1.807) is 0 Å². The predicted octanol–water partition coefficient (Wildman–Crippen LogP) is 1.52. The van der Waals surface area contributed by atoms with Crippen LogP contribution in [0.2, 0.25) is 0 Å². The minimum atomic E-state index is -4.82. The maximum atomic E-state index is 12.1. The van der Waals surface area contributed by atoms with E-state index in [-0.39, 0.29) is 18.6 Å². The number of nitrogens with zero attached hydrogens (tertiary/aromatic N) is 1. The van der Waals surface area contributed by atoms with E-state index in [0.717, 1.165) is 7.05 Å². The Morgan fingerprint density at radius 2 is 1.80 bits per heavy atom. The van der Waals surface area contributed by atoms with E-state index in [1.807, 2.05) is 0 Å². The van der Waals surface area contributed by atoms with Crippen LogP contribution in [0.3, 0.4) is 0 Å². The largest absolute Gasteiger partial charge is 0.471 e. The molecule has 0 atom stereocenters. The van der Waals surface area contributed by atoms with E-state index in [0.29, 0.717) is 17.7 Å². The fourth-order valence-electron chi connectivity index (χ4n) is 1.68. The predicted molar refractivity (Wildman–Crippen MR) is 46.1 cm³/mol. The standard InChI is InChI=1S/C9H12F3NO2/c1-13(8(15)9(10,11)12)6-2-4-7(14)5-3-6/h6H,2-5H2,1H3. The van der Waals surface area contributed by atoms with Crippen molar-refractivity contribution in [2.45, 2.75) is 37.9 Å². The van der Waals surface area contributed by atoms with Crippen LogP contribution in [-0.4, -0.2) is 35.9 Å². The van der Waals surface area contributed by atoms with Gasteiger partial charge in [-0.25, -0.2) is 0 Å². The Bertz CT molecular complexity index is 265. The molecule has 0 radical (unpaired) electrons. The zero-order valence-corrected chi connectivity index (χ0v) is 8.30. The Kier molecular flexibility index (Phi) is 3.36. The average Bonchev–Trinajstić information content (AvgIpc) is 2.15. The lowest BCUT2D eigenvalue weighted by atomic mass is 9.93. The molecule has 0 aromatic heterocycles. The summed E-state index contributed by atoms with van der Waals surface area (Å²) in [5.74, 6) is -1.78. The van der Waals surface area contributed by atoms with Crippen LogP contribution in [0, 0.1) is 0 Å². The Balaban J connectivity index is 2.57. The monoisotopic (exact) mass is 223 g/mol. The van der Waals surface area contributed by atoms with E-state index in [1.165, 1.54) is 0 Å². The Labute approximate surface area is 85.2 Å². The highest BCUT2D eigenvalue weighted by molar-refractivity contribution is 5.83. The number of carbonyl (C=O) groups excluding carboxylic acids is 2. The Morgan fingerprint density at radius 3 is 2.20 bits per heavy atom. The molecule has 3 nitrogen and oxygen atoms in total. The summed E-state index contributed by atoms with van der Waals surface area (Å²) >= 11 is 0. The third-order valence-electron chi connectivity index (χ3n) is 2.62. The number of halogens is 3. The van der Waals surface area contributed by atoms with Crippen molar-refractivity contribution in [3.8, 4) is 0 Å². The van der Waals surface area contributed by atoms with Crippen molar-refractivity contribution < 1.29 is 22.8 Å². The highest BCUT2D eigenvalue weighted by Crippen LogP contribution is 2.24. The fourth-order valence-corrected chi connectivity index (χ4v) is 1.68. The third kappa shape index (κ3) is 2.94. The molecule has 1 aliphatic carbocycles. The number of Topliss-reactive ketones (excluding diaryl/α,β-unsaturated/α-hetero) is 1. The maximum Gasteiger partial charge on any atom is 0.471 e. The van der Waals surface area contributed by atoms with Crippen LogP contribution >= 0.6 is 0 Å². The molecule has 0 aromatic carbocycles. The van der Waals surface area contributed by atoms with Crippen LogP contribution < -0.4 is 0 Å². The van der Waals surface area contributed by atoms with E-state index in [4.69, 9.17) is 0 Å². The lowest BCUT2D eigenvalue weighted by molar-refractivity contribution is -0.186. The SMILES string of the molecule is CN(C(=O)C(F)(F)F)C1CCC(=O)CC1. The quantitative estimate of drug-likeness (QED) is 0.675. The molecule has 1 amide bonds. The fraction of sp³-hybridized carbons (Fsp3) is 0.778. The number of alkyl halides is 3. The zero-order valence-electron chi connectivity index (χ0n) is 8.30. The molecule has 1 saturated carbocycles. The van der Waals surface area contributed by atoms with Crippen LogP contribution in [0.5, 0.6) is 0 Å². The van der Waals surface area contributed by atoms with Crippen LogP contribution in [0.1, 0.15) is 25.7 Å². The van der Waals surface area contributed by atoms with Gasteiger partial charge in [0, 0.05) is 25.9 Å². The van der Waals surface area contributed by atoms with Gasteiger partial charge in [0.1, 0.15) is 5.78 Å². The van der Waals surface area contributed by atoms with Gasteiger partial charge in [-0.05, 0) is 12.8 Å². The molecule has 0 unspecified atom stereocenters. The van der Waals surface area contributed by atoms with Gasteiger partial charge in [0.05, 0.1) is 0 Å². The van der Waals surface area contributed by atoms with Crippen LogP contribution in [0.4, 0.5) is 13.2 Å². The lowest BCUT2D eigenvalue weighted by Gasteiger charge is -2.31. The summed E-state index contributed by atoms with van der Waals surface area (Å²) in [4.78, 5) is 22.4. The normalized spacial score (nSPS) is 19.1. The lowest BCUT2D eigenvalue weighted by Crippen LogP contribution is -2.45. The summed E-state index contributed by atoms with van der Waals surface area (Å²) in [7, 11) is 1.14. The summed E-state index contributed by atoms with van der Waals surface area (Å²) < 4.78 is 36.2. The molecule has 6 heteroatoms. The van der Waals surface area contributed by atoms with Gasteiger partial charge in [-0.2, -0.15) is 13.2 Å². The third-order valence-corrected chi connectivity index (χ3v) is 2.62. The van der Waals surface area contributed by atoms with Gasteiger partial charge in [0.15, 0.2) is 0 Å². The smallest absolute Gasteiger partial charge is 0.335 e. The first-order chi connectivity index (χ1) is 6.82. The van der Waals surface area contributed by atoms with Gasteiger partial charge in [-0.15, -0.1) is 0 Å². The number of rotatable bonds is 1. The topological polar surface area (TPSA) is 37.4 Å². The molecule has 86 valence electrons. The first-order valence-corrected chi connectivity index (χ1v) is 4.68. The molecule has 0 saturated heterocycles. The molecule has 1 rings (SSSR count). The molecular weight excluding hydrogens is 211 g/mol. The van der Waals surface area contributed by atoms with Crippen molar-refractivity contribution in [3.05, 3.63) is 0 Å². The number of hydrogen-bond acceptors (Lipinski definition) is 2. The van der Waals surface area contributed by atoms with Crippen molar-refractivity contribution in [2.24, 2.45) is 0 Å². The molecule has 0 bridgehead atoms. The van der Waals surface area contributed by atoms with Gasteiger partial charge < -0.3 is 4.90 Å². The average molecular weight is 223 g/mol. The van der Waals surface area contributed by atoms with E-state index < -0.39 is 18.1 Å². The van der Waals surface area contributed by atoms with Crippen molar-refractivity contribution in [1.82, 2.24) is 4.90 Å². The molecule has 0 aromatic rings. The Hall–Kier alpha value is -1.07. The number of ketones is 1. The molecule has 0 aliphatic heterocycles. The van der Waals surface area contributed by atoms with Crippen molar-refractivity contribution in [3.63, 3.8) is 0 Å². The highest BCUT2D eigenvalue weighted by Gasteiger charge is 2.43. The first kappa shape index (κ1) is 12.0. The van der Waals surface area contributed by atoms with Gasteiger partial charge in [-0.1, -0.05) is 0 Å². The van der Waals surface area contributed by atoms with Crippen molar-refractivity contribution in [1.29, 1.82) is 0 Å². The molecule has 0 heterocycles. The van der Waals surface area contributed by atoms with Gasteiger partial charge >= 0.3 is 12.1 Å².